The van der Waals surface area contributed by atoms with Crippen LogP contribution in [0.15, 0.2) is 28.6 Å². The van der Waals surface area contributed by atoms with Crippen molar-refractivity contribution in [3.8, 4) is 5.69 Å². The van der Waals surface area contributed by atoms with Gasteiger partial charge in [-0.15, -0.1) is 5.10 Å². The molecule has 112 valence electrons. The van der Waals surface area contributed by atoms with Crippen LogP contribution in [0, 0.1) is 9.77 Å². The lowest BCUT2D eigenvalue weighted by molar-refractivity contribution is -0.119. The third-order valence-electron chi connectivity index (χ3n) is 2.38. The van der Waals surface area contributed by atoms with Gasteiger partial charge in [0.05, 0.1) is 11.4 Å². The number of halogens is 1. The van der Waals surface area contributed by atoms with E-state index in [0.717, 1.165) is 0 Å². The number of nitrogens with zero attached hydrogens (tertiary/aromatic N) is 2. The molecule has 0 atom stereocenters. The number of aromatic nitrogens is 2. The molecule has 8 heteroatoms. The van der Waals surface area contributed by atoms with Crippen molar-refractivity contribution in [2.75, 3.05) is 5.75 Å². The van der Waals surface area contributed by atoms with Gasteiger partial charge in [-0.25, -0.2) is 9.07 Å². The lowest BCUT2D eigenvalue weighted by atomic mass is 10.3. The molecule has 21 heavy (non-hydrogen) atoms. The Balaban J connectivity index is 2.07. The second-order valence-corrected chi connectivity index (χ2v) is 7.38. The van der Waals surface area contributed by atoms with Gasteiger partial charge in [0.15, 0.2) is 8.29 Å². The van der Waals surface area contributed by atoms with Crippen molar-refractivity contribution in [1.29, 1.82) is 0 Å². The van der Waals surface area contributed by atoms with E-state index in [2.05, 4.69) is 10.4 Å². The van der Waals surface area contributed by atoms with Gasteiger partial charge in [-0.05, 0) is 50.3 Å². The maximum atomic E-state index is 12.9. The predicted octanol–water partition coefficient (Wildman–Crippen LogP) is 3.42. The molecule has 1 aromatic carbocycles. The van der Waals surface area contributed by atoms with Crippen molar-refractivity contribution in [1.82, 2.24) is 15.1 Å². The first-order valence-electron chi connectivity index (χ1n) is 6.24. The monoisotopic (exact) mass is 343 g/mol. The topological polar surface area (TPSA) is 46.9 Å². The van der Waals surface area contributed by atoms with Crippen LogP contribution in [0.4, 0.5) is 4.39 Å². The molecule has 1 amide bonds. The molecule has 1 aromatic heterocycles. The van der Waals surface area contributed by atoms with Crippen LogP contribution in [-0.2, 0) is 4.79 Å². The SMILES string of the molecule is CC(C)NC(=O)CSc1nn(-c2ccc(F)cc2)c(=S)s1. The fourth-order valence-corrected chi connectivity index (χ4v) is 3.73. The summed E-state index contributed by atoms with van der Waals surface area (Å²) in [6.07, 6.45) is 0. The minimum absolute atomic E-state index is 0.0375. The Kier molecular flexibility index (Phi) is 5.49. The van der Waals surface area contributed by atoms with E-state index in [4.69, 9.17) is 12.2 Å². The fourth-order valence-electron chi connectivity index (χ4n) is 1.56. The van der Waals surface area contributed by atoms with Crippen molar-refractivity contribution < 1.29 is 9.18 Å². The fraction of sp³-hybridized carbons (Fsp3) is 0.308. The minimum Gasteiger partial charge on any atom is -0.353 e. The molecule has 0 aliphatic rings. The van der Waals surface area contributed by atoms with Crippen molar-refractivity contribution in [3.63, 3.8) is 0 Å². The standard InChI is InChI=1S/C13H14FN3OS3/c1-8(2)15-11(18)7-20-12-16-17(13(19)21-12)10-5-3-9(14)4-6-10/h3-6,8H,7H2,1-2H3,(H,15,18). The van der Waals surface area contributed by atoms with Crippen LogP contribution in [0.25, 0.3) is 5.69 Å². The molecular formula is C13H14FN3OS3. The number of amides is 1. The number of nitrogens with one attached hydrogen (secondary N) is 1. The van der Waals surface area contributed by atoms with E-state index in [1.807, 2.05) is 13.8 Å². The van der Waals surface area contributed by atoms with Crippen LogP contribution < -0.4 is 5.32 Å². The summed E-state index contributed by atoms with van der Waals surface area (Å²) in [5.74, 6) is -0.0472. The maximum Gasteiger partial charge on any atom is 0.230 e. The van der Waals surface area contributed by atoms with Crippen molar-refractivity contribution in [2.24, 2.45) is 0 Å². The summed E-state index contributed by atoms with van der Waals surface area (Å²) in [5.41, 5.74) is 0.705. The highest BCUT2D eigenvalue weighted by Crippen LogP contribution is 2.24. The molecular weight excluding hydrogens is 329 g/mol. The zero-order valence-corrected chi connectivity index (χ0v) is 13.9. The Hall–Kier alpha value is -1.25. The van der Waals surface area contributed by atoms with Crippen LogP contribution in [0.3, 0.4) is 0 Å². The summed E-state index contributed by atoms with van der Waals surface area (Å²) < 4.78 is 15.8. The molecule has 1 heterocycles. The smallest absolute Gasteiger partial charge is 0.230 e. The molecule has 0 aliphatic heterocycles. The first-order chi connectivity index (χ1) is 9.95. The Bertz CT molecular complexity index is 679. The van der Waals surface area contributed by atoms with Gasteiger partial charge in [-0.2, -0.15) is 0 Å². The molecule has 0 radical (unpaired) electrons. The van der Waals surface area contributed by atoms with E-state index in [9.17, 15) is 9.18 Å². The van der Waals surface area contributed by atoms with Gasteiger partial charge in [-0.1, -0.05) is 23.1 Å². The number of benzene rings is 1. The summed E-state index contributed by atoms with van der Waals surface area (Å²) in [6, 6.07) is 6.07. The summed E-state index contributed by atoms with van der Waals surface area (Å²) in [7, 11) is 0. The van der Waals surface area contributed by atoms with E-state index in [1.54, 1.807) is 16.8 Å². The molecule has 0 aliphatic carbocycles. The zero-order valence-electron chi connectivity index (χ0n) is 11.5. The highest BCUT2D eigenvalue weighted by Gasteiger charge is 2.09. The van der Waals surface area contributed by atoms with Gasteiger partial charge >= 0.3 is 0 Å². The first-order valence-corrected chi connectivity index (χ1v) is 8.45. The predicted molar refractivity (Wildman–Crippen MR) is 86.2 cm³/mol. The number of carbonyl (C=O) groups is 1. The number of rotatable bonds is 5. The number of hydrogen-bond donors (Lipinski definition) is 1. The summed E-state index contributed by atoms with van der Waals surface area (Å²) in [6.45, 7) is 3.82. The zero-order chi connectivity index (χ0) is 15.4. The van der Waals surface area contributed by atoms with E-state index in [0.29, 0.717) is 19.7 Å². The Labute approximate surface area is 135 Å². The van der Waals surface area contributed by atoms with Gasteiger partial charge in [0.25, 0.3) is 0 Å². The lowest BCUT2D eigenvalue weighted by Crippen LogP contribution is -2.31. The maximum absolute atomic E-state index is 12.9. The van der Waals surface area contributed by atoms with Crippen LogP contribution >= 0.6 is 35.3 Å². The van der Waals surface area contributed by atoms with Crippen molar-refractivity contribution in [3.05, 3.63) is 34.0 Å². The second-order valence-electron chi connectivity index (χ2n) is 4.53. The average molecular weight is 343 g/mol. The molecule has 1 N–H and O–H groups in total. The molecule has 0 saturated heterocycles. The third kappa shape index (κ3) is 4.62. The van der Waals surface area contributed by atoms with E-state index < -0.39 is 0 Å². The van der Waals surface area contributed by atoms with Crippen LogP contribution in [-0.4, -0.2) is 27.5 Å². The van der Waals surface area contributed by atoms with Gasteiger partial charge < -0.3 is 5.32 Å². The quantitative estimate of drug-likeness (QED) is 0.667. The average Bonchev–Trinajstić information content (AvgIpc) is 2.78. The summed E-state index contributed by atoms with van der Waals surface area (Å²) in [5, 5.41) is 7.17. The van der Waals surface area contributed by atoms with Crippen LogP contribution in [0.1, 0.15) is 13.8 Å². The minimum atomic E-state index is -0.305. The van der Waals surface area contributed by atoms with Gasteiger partial charge in [0.2, 0.25) is 5.91 Å². The molecule has 0 spiro atoms. The molecule has 0 saturated carbocycles. The largest absolute Gasteiger partial charge is 0.353 e. The van der Waals surface area contributed by atoms with E-state index >= 15 is 0 Å². The number of thioether (sulfide) groups is 1. The summed E-state index contributed by atoms with van der Waals surface area (Å²) in [4.78, 5) is 11.6. The highest BCUT2D eigenvalue weighted by atomic mass is 32.2. The highest BCUT2D eigenvalue weighted by molar-refractivity contribution is 8.01. The Morgan fingerprint density at radius 1 is 1.48 bits per heavy atom. The Morgan fingerprint density at radius 3 is 2.76 bits per heavy atom. The summed E-state index contributed by atoms with van der Waals surface area (Å²) >= 11 is 7.92. The van der Waals surface area contributed by atoms with Crippen molar-refractivity contribution >= 4 is 41.2 Å². The van der Waals surface area contributed by atoms with E-state index in [1.165, 1.54) is 35.2 Å². The molecule has 4 nitrogen and oxygen atoms in total. The molecule has 0 fully saturated rings. The Morgan fingerprint density at radius 2 is 2.14 bits per heavy atom. The van der Waals surface area contributed by atoms with Gasteiger partial charge in [0.1, 0.15) is 5.82 Å². The molecule has 0 bridgehead atoms. The normalized spacial score (nSPS) is 10.9. The number of carbonyl (C=O) groups excluding carboxylic acids is 1. The van der Waals surface area contributed by atoms with Crippen LogP contribution in [0.5, 0.6) is 0 Å². The number of hydrogen-bond acceptors (Lipinski definition) is 5. The van der Waals surface area contributed by atoms with Gasteiger partial charge in [-0.3, -0.25) is 4.79 Å². The lowest BCUT2D eigenvalue weighted by Gasteiger charge is -2.06. The van der Waals surface area contributed by atoms with E-state index in [-0.39, 0.29) is 17.8 Å². The molecule has 2 aromatic rings. The molecule has 2 rings (SSSR count). The van der Waals surface area contributed by atoms with Crippen LogP contribution in [0.2, 0.25) is 0 Å². The first kappa shape index (κ1) is 16.1. The molecule has 0 unspecified atom stereocenters. The van der Waals surface area contributed by atoms with Gasteiger partial charge in [0, 0.05) is 6.04 Å². The van der Waals surface area contributed by atoms with Crippen molar-refractivity contribution in [2.45, 2.75) is 24.2 Å². The third-order valence-corrected chi connectivity index (χ3v) is 4.74. The second kappa shape index (κ2) is 7.15.